The highest BCUT2D eigenvalue weighted by molar-refractivity contribution is 5.56. The first-order valence-corrected chi connectivity index (χ1v) is 12.3. The molecule has 9 heteroatoms. The molecule has 2 aromatic heterocycles. The van der Waals surface area contributed by atoms with Crippen LogP contribution in [-0.2, 0) is 33.5 Å². The molecular formula is C26H29F3N2O4. The highest BCUT2D eigenvalue weighted by Gasteiger charge is 2.60. The van der Waals surface area contributed by atoms with E-state index in [-0.39, 0.29) is 16.9 Å². The van der Waals surface area contributed by atoms with Crippen molar-refractivity contribution >= 4 is 0 Å². The lowest BCUT2D eigenvalue weighted by Gasteiger charge is -2.38. The van der Waals surface area contributed by atoms with Gasteiger partial charge in [-0.05, 0) is 49.1 Å². The van der Waals surface area contributed by atoms with Gasteiger partial charge in [0.1, 0.15) is 11.3 Å². The molecule has 0 aromatic carbocycles. The second-order valence-electron chi connectivity index (χ2n) is 10.9. The standard InChI is InChI=1S/C26H29F3N2O4/c1-14(2)22-21-20(19-16(31-22)11-23(5-6-23)12-17(19)32)24(7-9-34-10-8-24)35-25(21,33)15-3-4-18(30-13-15)26(27,28)29/h3-4,13-14,17,32-33H,5-12H2,1-2H3/t17-,25?/m0/s1. The van der Waals surface area contributed by atoms with E-state index in [1.165, 1.54) is 6.07 Å². The number of hydrogen-bond acceptors (Lipinski definition) is 6. The van der Waals surface area contributed by atoms with Crippen LogP contribution in [0.25, 0.3) is 0 Å². The second kappa shape index (κ2) is 7.47. The van der Waals surface area contributed by atoms with Crippen LogP contribution in [0.3, 0.4) is 0 Å². The average molecular weight is 491 g/mol. The lowest BCUT2D eigenvalue weighted by atomic mass is 9.73. The predicted octanol–water partition coefficient (Wildman–Crippen LogP) is 4.61. The predicted molar refractivity (Wildman–Crippen MR) is 118 cm³/mol. The topological polar surface area (TPSA) is 84.7 Å². The van der Waals surface area contributed by atoms with Crippen LogP contribution in [0.2, 0.25) is 0 Å². The summed E-state index contributed by atoms with van der Waals surface area (Å²) in [5, 5.41) is 23.5. The SMILES string of the molecule is CC(C)c1nc2c(c3c1C(O)(c1ccc(C(F)(F)F)nc1)OC31CCOCC1)[C@@H](O)CC1(CC1)C2. The lowest BCUT2D eigenvalue weighted by molar-refractivity contribution is -0.251. The van der Waals surface area contributed by atoms with E-state index in [0.717, 1.165) is 48.3 Å². The first kappa shape index (κ1) is 23.3. The Balaban J connectivity index is 1.60. The third-order valence-electron chi connectivity index (χ3n) is 8.23. The number of hydrogen-bond donors (Lipinski definition) is 2. The molecule has 188 valence electrons. The third-order valence-corrected chi connectivity index (χ3v) is 8.23. The van der Waals surface area contributed by atoms with E-state index in [4.69, 9.17) is 14.5 Å². The van der Waals surface area contributed by atoms with Crippen LogP contribution in [0.1, 0.15) is 97.3 Å². The van der Waals surface area contributed by atoms with Gasteiger partial charge < -0.3 is 19.7 Å². The van der Waals surface area contributed by atoms with Gasteiger partial charge in [0.2, 0.25) is 5.79 Å². The Bertz CT molecular complexity index is 1170. The van der Waals surface area contributed by atoms with Gasteiger partial charge in [0, 0.05) is 60.2 Å². The Hall–Kier alpha value is -2.07. The number of fused-ring (bicyclic) bond motifs is 4. The molecular weight excluding hydrogens is 461 g/mol. The first-order chi connectivity index (χ1) is 16.5. The van der Waals surface area contributed by atoms with Gasteiger partial charge in [-0.1, -0.05) is 13.8 Å². The van der Waals surface area contributed by atoms with Crippen LogP contribution in [0.4, 0.5) is 13.2 Å². The summed E-state index contributed by atoms with van der Waals surface area (Å²) >= 11 is 0. The molecule has 0 radical (unpaired) electrons. The number of aliphatic hydroxyl groups is 2. The van der Waals surface area contributed by atoms with Gasteiger partial charge in [0.25, 0.3) is 0 Å². The molecule has 2 aliphatic carbocycles. The molecule has 6 rings (SSSR count). The van der Waals surface area contributed by atoms with Crippen molar-refractivity contribution in [1.29, 1.82) is 0 Å². The minimum atomic E-state index is -4.59. The van der Waals surface area contributed by atoms with E-state index < -0.39 is 29.4 Å². The van der Waals surface area contributed by atoms with Gasteiger partial charge in [-0.25, -0.2) is 0 Å². The van der Waals surface area contributed by atoms with Crippen LogP contribution in [0.15, 0.2) is 18.3 Å². The Morgan fingerprint density at radius 3 is 2.37 bits per heavy atom. The van der Waals surface area contributed by atoms with Crippen molar-refractivity contribution in [3.05, 3.63) is 57.7 Å². The largest absolute Gasteiger partial charge is 0.433 e. The van der Waals surface area contributed by atoms with E-state index in [1.807, 2.05) is 13.8 Å². The minimum absolute atomic E-state index is 0.0872. The fourth-order valence-corrected chi connectivity index (χ4v) is 6.30. The Labute approximate surface area is 201 Å². The summed E-state index contributed by atoms with van der Waals surface area (Å²) in [6.07, 6.45) is 0.172. The van der Waals surface area contributed by atoms with Gasteiger partial charge in [0.05, 0.1) is 11.8 Å². The molecule has 2 aromatic rings. The van der Waals surface area contributed by atoms with E-state index in [1.54, 1.807) is 0 Å². The van der Waals surface area contributed by atoms with Crippen LogP contribution in [-0.4, -0.2) is 33.4 Å². The monoisotopic (exact) mass is 490 g/mol. The fourth-order valence-electron chi connectivity index (χ4n) is 6.30. The zero-order valence-corrected chi connectivity index (χ0v) is 19.8. The molecule has 2 aliphatic heterocycles. The maximum absolute atomic E-state index is 13.2. The summed E-state index contributed by atoms with van der Waals surface area (Å²) in [4.78, 5) is 8.59. The number of aromatic nitrogens is 2. The highest BCUT2D eigenvalue weighted by atomic mass is 19.4. The van der Waals surface area contributed by atoms with Crippen molar-refractivity contribution in [2.45, 2.75) is 82.0 Å². The van der Waals surface area contributed by atoms with E-state index in [9.17, 15) is 23.4 Å². The average Bonchev–Trinajstić information content (AvgIpc) is 3.49. The van der Waals surface area contributed by atoms with Gasteiger partial charge in [-0.3, -0.25) is 9.97 Å². The van der Waals surface area contributed by atoms with E-state index >= 15 is 0 Å². The number of aliphatic hydroxyl groups excluding tert-OH is 1. The molecule has 2 N–H and O–H groups in total. The molecule has 2 atom stereocenters. The molecule has 2 spiro atoms. The summed E-state index contributed by atoms with van der Waals surface area (Å²) in [5.41, 5.74) is 1.65. The zero-order chi connectivity index (χ0) is 24.8. The number of rotatable bonds is 2. The summed E-state index contributed by atoms with van der Waals surface area (Å²) in [6.45, 7) is 4.77. The molecule has 0 amide bonds. The number of nitrogens with zero attached hydrogens (tertiary/aromatic N) is 2. The molecule has 1 unspecified atom stereocenters. The molecule has 4 aliphatic rings. The molecule has 1 saturated heterocycles. The van der Waals surface area contributed by atoms with E-state index in [0.29, 0.717) is 43.7 Å². The normalized spacial score (nSPS) is 28.4. The third kappa shape index (κ3) is 3.46. The maximum atomic E-state index is 13.2. The number of alkyl halides is 3. The van der Waals surface area contributed by atoms with Crippen molar-refractivity contribution in [2.75, 3.05) is 13.2 Å². The summed E-state index contributed by atoms with van der Waals surface area (Å²) < 4.78 is 51.7. The second-order valence-corrected chi connectivity index (χ2v) is 10.9. The summed E-state index contributed by atoms with van der Waals surface area (Å²) in [7, 11) is 0. The Kier molecular flexibility index (Phi) is 4.98. The maximum Gasteiger partial charge on any atom is 0.433 e. The van der Waals surface area contributed by atoms with Gasteiger partial charge in [0.15, 0.2) is 0 Å². The quantitative estimate of drug-likeness (QED) is 0.640. The van der Waals surface area contributed by atoms with E-state index in [2.05, 4.69) is 4.98 Å². The zero-order valence-electron chi connectivity index (χ0n) is 19.8. The number of pyridine rings is 2. The number of halogens is 3. The van der Waals surface area contributed by atoms with Crippen LogP contribution < -0.4 is 0 Å². The summed E-state index contributed by atoms with van der Waals surface area (Å²) in [6, 6.07) is 2.08. The molecule has 35 heavy (non-hydrogen) atoms. The molecule has 2 fully saturated rings. The molecule has 4 heterocycles. The Morgan fingerprint density at radius 1 is 1.09 bits per heavy atom. The van der Waals surface area contributed by atoms with Crippen LogP contribution in [0.5, 0.6) is 0 Å². The van der Waals surface area contributed by atoms with Crippen molar-refractivity contribution in [3.8, 4) is 0 Å². The summed E-state index contributed by atoms with van der Waals surface area (Å²) in [5.74, 6) is -2.13. The molecule has 6 nitrogen and oxygen atoms in total. The smallest absolute Gasteiger partial charge is 0.388 e. The number of ether oxygens (including phenoxy) is 2. The molecule has 1 saturated carbocycles. The first-order valence-electron chi connectivity index (χ1n) is 12.3. The van der Waals surface area contributed by atoms with Gasteiger partial charge >= 0.3 is 6.18 Å². The van der Waals surface area contributed by atoms with Crippen molar-refractivity contribution < 1.29 is 32.9 Å². The van der Waals surface area contributed by atoms with Gasteiger partial charge in [-0.2, -0.15) is 13.2 Å². The van der Waals surface area contributed by atoms with Crippen molar-refractivity contribution in [3.63, 3.8) is 0 Å². The van der Waals surface area contributed by atoms with Crippen molar-refractivity contribution in [2.24, 2.45) is 5.41 Å². The van der Waals surface area contributed by atoms with Crippen LogP contribution >= 0.6 is 0 Å². The lowest BCUT2D eigenvalue weighted by Crippen LogP contribution is -2.38. The minimum Gasteiger partial charge on any atom is -0.388 e. The molecule has 0 bridgehead atoms. The van der Waals surface area contributed by atoms with Gasteiger partial charge in [-0.15, -0.1) is 0 Å². The fraction of sp³-hybridized carbons (Fsp3) is 0.615. The van der Waals surface area contributed by atoms with Crippen LogP contribution in [0, 0.1) is 5.41 Å². The van der Waals surface area contributed by atoms with Crippen molar-refractivity contribution in [1.82, 2.24) is 9.97 Å². The highest BCUT2D eigenvalue weighted by Crippen LogP contribution is 2.62. The Morgan fingerprint density at radius 2 is 1.80 bits per heavy atom.